The number of anilines is 1. The zero-order valence-corrected chi connectivity index (χ0v) is 12.7. The lowest BCUT2D eigenvalue weighted by molar-refractivity contribution is 0.553. The molecule has 0 aliphatic carbocycles. The van der Waals surface area contributed by atoms with Crippen LogP contribution in [0.1, 0.15) is 24.0 Å². The third kappa shape index (κ3) is 2.99. The molecule has 110 valence electrons. The molecule has 1 fully saturated rings. The van der Waals surface area contributed by atoms with Gasteiger partial charge in [0.15, 0.2) is 9.84 Å². The molecule has 1 atom stereocenters. The Hall–Kier alpha value is -1.07. The number of benzene rings is 1. The second-order valence-corrected chi connectivity index (χ2v) is 8.20. The third-order valence-electron chi connectivity index (χ3n) is 4.32. The van der Waals surface area contributed by atoms with Crippen LogP contribution in [-0.2, 0) is 22.8 Å². The Morgan fingerprint density at radius 2 is 2.25 bits per heavy atom. The van der Waals surface area contributed by atoms with Gasteiger partial charge in [-0.1, -0.05) is 12.1 Å². The first-order valence-corrected chi connectivity index (χ1v) is 9.12. The highest BCUT2D eigenvalue weighted by Gasteiger charge is 2.27. The van der Waals surface area contributed by atoms with Gasteiger partial charge in [-0.25, -0.2) is 8.42 Å². The Bertz CT molecular complexity index is 598. The summed E-state index contributed by atoms with van der Waals surface area (Å²) in [4.78, 5) is 2.31. The van der Waals surface area contributed by atoms with Crippen molar-refractivity contribution in [1.82, 2.24) is 5.32 Å². The van der Waals surface area contributed by atoms with Gasteiger partial charge in [0.1, 0.15) is 0 Å². The van der Waals surface area contributed by atoms with E-state index < -0.39 is 9.84 Å². The average molecular weight is 294 g/mol. The van der Waals surface area contributed by atoms with E-state index in [1.54, 1.807) is 0 Å². The quantitative estimate of drug-likeness (QED) is 0.914. The number of fused-ring (bicyclic) bond motifs is 1. The fourth-order valence-electron chi connectivity index (χ4n) is 3.17. The summed E-state index contributed by atoms with van der Waals surface area (Å²) in [5.41, 5.74) is 4.00. The van der Waals surface area contributed by atoms with Crippen molar-refractivity contribution in [2.75, 3.05) is 30.0 Å². The molecule has 0 radical (unpaired) electrons. The molecule has 0 saturated carbocycles. The third-order valence-corrected chi connectivity index (χ3v) is 6.09. The predicted molar refractivity (Wildman–Crippen MR) is 81.9 cm³/mol. The summed E-state index contributed by atoms with van der Waals surface area (Å²) >= 11 is 0. The molecule has 1 saturated heterocycles. The fraction of sp³-hybridized carbons (Fsp3) is 0.600. The lowest BCUT2D eigenvalue weighted by atomic mass is 9.99. The van der Waals surface area contributed by atoms with Crippen molar-refractivity contribution in [2.24, 2.45) is 0 Å². The van der Waals surface area contributed by atoms with Gasteiger partial charge < -0.3 is 10.2 Å². The lowest BCUT2D eigenvalue weighted by Gasteiger charge is -2.28. The van der Waals surface area contributed by atoms with E-state index in [0.717, 1.165) is 25.9 Å². The van der Waals surface area contributed by atoms with Gasteiger partial charge in [-0.3, -0.25) is 0 Å². The Balaban J connectivity index is 1.64. The Labute approximate surface area is 121 Å². The molecular weight excluding hydrogens is 272 g/mol. The fourth-order valence-corrected chi connectivity index (χ4v) is 4.87. The molecule has 3 rings (SSSR count). The highest BCUT2D eigenvalue weighted by atomic mass is 32.2. The summed E-state index contributed by atoms with van der Waals surface area (Å²) < 4.78 is 22.9. The molecule has 2 aliphatic heterocycles. The molecule has 1 N–H and O–H groups in total. The van der Waals surface area contributed by atoms with Crippen molar-refractivity contribution in [3.05, 3.63) is 29.3 Å². The lowest BCUT2D eigenvalue weighted by Crippen LogP contribution is -2.29. The van der Waals surface area contributed by atoms with Crippen molar-refractivity contribution in [3.8, 4) is 0 Å². The molecule has 1 aromatic rings. The maximum atomic E-state index is 11.4. The van der Waals surface area contributed by atoms with Gasteiger partial charge in [-0.2, -0.15) is 0 Å². The van der Waals surface area contributed by atoms with Gasteiger partial charge in [0.05, 0.1) is 11.5 Å². The predicted octanol–water partition coefficient (Wildman–Crippen LogP) is 1.35. The van der Waals surface area contributed by atoms with Crippen LogP contribution < -0.4 is 10.2 Å². The van der Waals surface area contributed by atoms with E-state index in [9.17, 15) is 8.42 Å². The second kappa shape index (κ2) is 5.37. The largest absolute Gasteiger partial charge is 0.374 e. The zero-order valence-electron chi connectivity index (χ0n) is 11.9. The smallest absolute Gasteiger partial charge is 0.151 e. The molecule has 0 spiro atoms. The number of nitrogens with one attached hydrogen (secondary N) is 1. The second-order valence-electron chi connectivity index (χ2n) is 5.97. The molecule has 0 aromatic heterocycles. The molecule has 1 unspecified atom stereocenters. The molecule has 20 heavy (non-hydrogen) atoms. The minimum atomic E-state index is -2.79. The topological polar surface area (TPSA) is 49.4 Å². The van der Waals surface area contributed by atoms with E-state index in [1.165, 1.54) is 23.2 Å². The molecule has 2 aliphatic rings. The van der Waals surface area contributed by atoms with Crippen LogP contribution >= 0.6 is 0 Å². The minimum absolute atomic E-state index is 0.124. The number of rotatable bonds is 3. The van der Waals surface area contributed by atoms with Gasteiger partial charge in [0.2, 0.25) is 0 Å². The van der Waals surface area contributed by atoms with Gasteiger partial charge in [0, 0.05) is 31.9 Å². The summed E-state index contributed by atoms with van der Waals surface area (Å²) in [6.45, 7) is 1.89. The monoisotopic (exact) mass is 294 g/mol. The van der Waals surface area contributed by atoms with Crippen LogP contribution in [0.25, 0.3) is 0 Å². The van der Waals surface area contributed by atoms with Crippen LogP contribution in [0, 0.1) is 0 Å². The van der Waals surface area contributed by atoms with E-state index >= 15 is 0 Å². The van der Waals surface area contributed by atoms with Gasteiger partial charge >= 0.3 is 0 Å². The highest BCUT2D eigenvalue weighted by molar-refractivity contribution is 7.91. The summed E-state index contributed by atoms with van der Waals surface area (Å²) in [6.07, 6.45) is 3.10. The van der Waals surface area contributed by atoms with Gasteiger partial charge in [-0.05, 0) is 36.5 Å². The Morgan fingerprint density at radius 3 is 3.00 bits per heavy atom. The first-order chi connectivity index (χ1) is 9.53. The van der Waals surface area contributed by atoms with Crippen molar-refractivity contribution < 1.29 is 8.42 Å². The van der Waals surface area contributed by atoms with Gasteiger partial charge in [0.25, 0.3) is 0 Å². The molecule has 0 bridgehead atoms. The zero-order chi connectivity index (χ0) is 14.2. The molecular formula is C15H22N2O2S. The summed E-state index contributed by atoms with van der Waals surface area (Å²) in [5, 5.41) is 3.38. The highest BCUT2D eigenvalue weighted by Crippen LogP contribution is 2.26. The standard InChI is InChI=1S/C15H22N2O2S/c1-17-7-2-3-13-9-12(4-5-15(13)17)10-16-14-6-8-20(18,19)11-14/h4-5,9,14,16H,2-3,6-8,10-11H2,1H3. The molecule has 5 heteroatoms. The molecule has 1 aromatic carbocycles. The van der Waals surface area contributed by atoms with Gasteiger partial charge in [-0.15, -0.1) is 0 Å². The molecule has 0 amide bonds. The minimum Gasteiger partial charge on any atom is -0.374 e. The first-order valence-electron chi connectivity index (χ1n) is 7.30. The average Bonchev–Trinajstić information content (AvgIpc) is 2.76. The van der Waals surface area contributed by atoms with Crippen LogP contribution in [0.4, 0.5) is 5.69 Å². The normalized spacial score (nSPS) is 24.6. The summed E-state index contributed by atoms with van der Waals surface area (Å²) in [6, 6.07) is 6.73. The van der Waals surface area contributed by atoms with Crippen molar-refractivity contribution in [3.63, 3.8) is 0 Å². The first kappa shape index (κ1) is 13.9. The Kier molecular flexibility index (Phi) is 3.73. The van der Waals surface area contributed by atoms with Crippen molar-refractivity contribution in [2.45, 2.75) is 31.8 Å². The van der Waals surface area contributed by atoms with Crippen molar-refractivity contribution >= 4 is 15.5 Å². The van der Waals surface area contributed by atoms with Crippen LogP contribution in [-0.4, -0.2) is 39.6 Å². The number of nitrogens with zero attached hydrogens (tertiary/aromatic N) is 1. The SMILES string of the molecule is CN1CCCc2cc(CNC3CCS(=O)(=O)C3)ccc21. The number of sulfone groups is 1. The molecule has 2 heterocycles. The summed E-state index contributed by atoms with van der Waals surface area (Å²) in [5.74, 6) is 0.625. The number of aryl methyl sites for hydroxylation is 1. The van der Waals surface area contributed by atoms with E-state index in [2.05, 4.69) is 35.5 Å². The van der Waals surface area contributed by atoms with E-state index in [-0.39, 0.29) is 6.04 Å². The summed E-state index contributed by atoms with van der Waals surface area (Å²) in [7, 11) is -0.652. The Morgan fingerprint density at radius 1 is 1.40 bits per heavy atom. The van der Waals surface area contributed by atoms with Crippen LogP contribution in [0.2, 0.25) is 0 Å². The maximum Gasteiger partial charge on any atom is 0.151 e. The van der Waals surface area contributed by atoms with Crippen LogP contribution in [0.3, 0.4) is 0 Å². The number of hydrogen-bond acceptors (Lipinski definition) is 4. The van der Waals surface area contributed by atoms with Crippen LogP contribution in [0.15, 0.2) is 18.2 Å². The molecule has 4 nitrogen and oxygen atoms in total. The van der Waals surface area contributed by atoms with E-state index in [0.29, 0.717) is 11.5 Å². The van der Waals surface area contributed by atoms with Crippen LogP contribution in [0.5, 0.6) is 0 Å². The van der Waals surface area contributed by atoms with Crippen molar-refractivity contribution in [1.29, 1.82) is 0 Å². The maximum absolute atomic E-state index is 11.4. The van der Waals surface area contributed by atoms with E-state index in [1.807, 2.05) is 0 Å². The number of hydrogen-bond donors (Lipinski definition) is 1. The van der Waals surface area contributed by atoms with E-state index in [4.69, 9.17) is 0 Å².